The minimum atomic E-state index is -4.37. The van der Waals surface area contributed by atoms with Crippen LogP contribution in [-0.2, 0) is 6.18 Å². The van der Waals surface area contributed by atoms with Gasteiger partial charge in [0.1, 0.15) is 0 Å². The van der Waals surface area contributed by atoms with Gasteiger partial charge in [-0.05, 0) is 43.8 Å². The fourth-order valence-electron chi connectivity index (χ4n) is 2.12. The molecule has 1 radical (unpaired) electrons. The minimum absolute atomic E-state index is 0.224. The Bertz CT molecular complexity index is 546. The Morgan fingerprint density at radius 1 is 1.20 bits per heavy atom. The van der Waals surface area contributed by atoms with Crippen LogP contribution < -0.4 is 9.89 Å². The lowest BCUT2D eigenvalue weighted by Gasteiger charge is -2.25. The summed E-state index contributed by atoms with van der Waals surface area (Å²) in [7, 11) is 0. The smallest absolute Gasteiger partial charge is 0.372 e. The molecule has 0 unspecified atom stereocenters. The topological polar surface area (TPSA) is 17.3 Å². The molecule has 1 aromatic rings. The molecular formula is C14H15F3N2S+. The van der Waals surface area contributed by atoms with E-state index in [-0.39, 0.29) is 5.69 Å². The lowest BCUT2D eigenvalue weighted by Crippen LogP contribution is -2.25. The molecule has 2 rings (SSSR count). The molecule has 1 aliphatic rings. The van der Waals surface area contributed by atoms with Gasteiger partial charge in [-0.15, -0.1) is 0 Å². The molecular weight excluding hydrogens is 285 g/mol. The fraction of sp³-hybridized carbons (Fsp3) is 0.357. The maximum atomic E-state index is 13.3. The van der Waals surface area contributed by atoms with Gasteiger partial charge in [0.15, 0.2) is 0 Å². The van der Waals surface area contributed by atoms with Gasteiger partial charge >= 0.3 is 6.18 Å². The second kappa shape index (κ2) is 5.91. The molecule has 0 aliphatic carbocycles. The van der Waals surface area contributed by atoms with Gasteiger partial charge in [-0.3, -0.25) is 0 Å². The number of alkyl halides is 3. The molecule has 0 saturated heterocycles. The van der Waals surface area contributed by atoms with E-state index in [9.17, 15) is 13.2 Å². The summed E-state index contributed by atoms with van der Waals surface area (Å²) in [5.41, 5.74) is 2.30. The molecule has 1 aliphatic heterocycles. The number of hydrogen-bond acceptors (Lipinski definition) is 3. The first kappa shape index (κ1) is 15.0. The Morgan fingerprint density at radius 3 is 2.40 bits per heavy atom. The molecule has 6 heteroatoms. The van der Waals surface area contributed by atoms with Gasteiger partial charge in [0.2, 0.25) is 0 Å². The van der Waals surface area contributed by atoms with E-state index >= 15 is 0 Å². The number of thioether (sulfide) groups is 1. The summed E-state index contributed by atoms with van der Waals surface area (Å²) in [6.07, 6.45) is -4.37. The van der Waals surface area contributed by atoms with Crippen molar-refractivity contribution < 1.29 is 13.2 Å². The van der Waals surface area contributed by atoms with E-state index in [1.165, 1.54) is 23.9 Å². The van der Waals surface area contributed by atoms with Crippen LogP contribution >= 0.6 is 11.8 Å². The second-order valence-electron chi connectivity index (χ2n) is 4.28. The molecule has 0 amide bonds. The number of halogens is 3. The Labute approximate surface area is 120 Å². The van der Waals surface area contributed by atoms with Crippen LogP contribution in [0.25, 0.3) is 5.70 Å². The third kappa shape index (κ3) is 3.00. The molecule has 1 heterocycles. The van der Waals surface area contributed by atoms with Gasteiger partial charge in [0.25, 0.3) is 11.2 Å². The Morgan fingerprint density at radius 2 is 1.90 bits per heavy atom. The molecule has 0 saturated carbocycles. The van der Waals surface area contributed by atoms with Crippen LogP contribution in [0.4, 0.5) is 18.9 Å². The molecule has 0 aromatic heterocycles. The number of nitrogens with zero attached hydrogens (tertiary/aromatic N) is 2. The molecule has 0 fully saturated rings. The maximum Gasteiger partial charge on any atom is 0.418 e. The van der Waals surface area contributed by atoms with Gasteiger partial charge in [0, 0.05) is 18.8 Å². The second-order valence-corrected chi connectivity index (χ2v) is 4.99. The fourth-order valence-corrected chi connectivity index (χ4v) is 2.68. The standard InChI is InChI=1S/C14H15F3N2S/c1-3-19(4-2)13-6-5-10(12-8-20-9-18-12)7-11(13)14(15,16)17/h5-9H,3-4H2,1-2H3/q+1. The molecule has 20 heavy (non-hydrogen) atoms. The van der Waals surface area contributed by atoms with Gasteiger partial charge in [0.05, 0.1) is 21.5 Å². The zero-order chi connectivity index (χ0) is 14.8. The number of rotatable bonds is 4. The van der Waals surface area contributed by atoms with E-state index in [0.29, 0.717) is 24.4 Å². The van der Waals surface area contributed by atoms with Crippen molar-refractivity contribution in [3.63, 3.8) is 0 Å². The van der Waals surface area contributed by atoms with Crippen molar-refractivity contribution in [3.05, 3.63) is 34.7 Å². The third-order valence-electron chi connectivity index (χ3n) is 3.13. The van der Waals surface area contributed by atoms with Crippen molar-refractivity contribution in [1.82, 2.24) is 4.99 Å². The highest BCUT2D eigenvalue weighted by molar-refractivity contribution is 8.15. The zero-order valence-electron chi connectivity index (χ0n) is 11.2. The highest BCUT2D eigenvalue weighted by Crippen LogP contribution is 2.38. The van der Waals surface area contributed by atoms with Gasteiger partial charge in [-0.1, -0.05) is 0 Å². The van der Waals surface area contributed by atoms with Crippen LogP contribution in [-0.4, -0.2) is 18.6 Å². The van der Waals surface area contributed by atoms with Crippen LogP contribution in [0.15, 0.2) is 23.6 Å². The summed E-state index contributed by atoms with van der Waals surface area (Å²) in [6.45, 7) is 4.77. The van der Waals surface area contributed by atoms with Crippen LogP contribution in [0.2, 0.25) is 0 Å². The SMILES string of the molecule is CCN(CC)c1ccc(C2=CSC=[N+]2)cc1C(F)(F)F. The average Bonchev–Trinajstić information content (AvgIpc) is 2.93. The number of benzene rings is 1. The lowest BCUT2D eigenvalue weighted by atomic mass is 10.1. The highest BCUT2D eigenvalue weighted by atomic mass is 32.2. The van der Waals surface area contributed by atoms with Crippen molar-refractivity contribution in [2.75, 3.05) is 18.0 Å². The number of anilines is 1. The van der Waals surface area contributed by atoms with Crippen molar-refractivity contribution >= 4 is 28.7 Å². The Balaban J connectivity index is 2.51. The van der Waals surface area contributed by atoms with Crippen molar-refractivity contribution in [2.45, 2.75) is 20.0 Å². The summed E-state index contributed by atoms with van der Waals surface area (Å²) >= 11 is 1.36. The van der Waals surface area contributed by atoms with E-state index in [2.05, 4.69) is 4.99 Å². The van der Waals surface area contributed by atoms with Gasteiger partial charge in [-0.25, -0.2) is 0 Å². The number of hydrogen-bond donors (Lipinski definition) is 0. The first-order valence-electron chi connectivity index (χ1n) is 6.32. The molecule has 0 N–H and O–H groups in total. The van der Waals surface area contributed by atoms with Crippen molar-refractivity contribution in [3.8, 4) is 0 Å². The highest BCUT2D eigenvalue weighted by Gasteiger charge is 2.36. The average molecular weight is 300 g/mol. The van der Waals surface area contributed by atoms with Crippen LogP contribution in [0.3, 0.4) is 0 Å². The normalized spacial score (nSPS) is 14.6. The molecule has 0 atom stereocenters. The van der Waals surface area contributed by atoms with E-state index in [0.717, 1.165) is 0 Å². The quantitative estimate of drug-likeness (QED) is 0.837. The summed E-state index contributed by atoms with van der Waals surface area (Å²) in [5, 5.41) is 1.74. The first-order chi connectivity index (χ1) is 9.47. The van der Waals surface area contributed by atoms with E-state index in [1.54, 1.807) is 21.9 Å². The third-order valence-corrected chi connectivity index (χ3v) is 3.72. The van der Waals surface area contributed by atoms with E-state index in [4.69, 9.17) is 0 Å². The summed E-state index contributed by atoms with van der Waals surface area (Å²) in [4.78, 5) is 5.76. The summed E-state index contributed by atoms with van der Waals surface area (Å²) in [6, 6.07) is 4.41. The van der Waals surface area contributed by atoms with Crippen LogP contribution in [0.5, 0.6) is 0 Å². The largest absolute Gasteiger partial charge is 0.418 e. The molecule has 2 nitrogen and oxygen atoms in total. The Kier molecular flexibility index (Phi) is 4.42. The predicted molar refractivity (Wildman–Crippen MR) is 78.8 cm³/mol. The minimum Gasteiger partial charge on any atom is -0.372 e. The van der Waals surface area contributed by atoms with Crippen molar-refractivity contribution in [1.29, 1.82) is 0 Å². The summed E-state index contributed by atoms with van der Waals surface area (Å²) < 4.78 is 39.8. The van der Waals surface area contributed by atoms with Gasteiger partial charge in [-0.2, -0.15) is 13.2 Å². The first-order valence-corrected chi connectivity index (χ1v) is 7.26. The number of aliphatic imine (C=N–C) groups is 1. The summed E-state index contributed by atoms with van der Waals surface area (Å²) in [5.74, 6) is 0. The monoisotopic (exact) mass is 300 g/mol. The molecule has 107 valence electrons. The lowest BCUT2D eigenvalue weighted by molar-refractivity contribution is -0.137. The van der Waals surface area contributed by atoms with E-state index < -0.39 is 11.7 Å². The van der Waals surface area contributed by atoms with Crippen molar-refractivity contribution in [2.24, 2.45) is 0 Å². The maximum absolute atomic E-state index is 13.3. The Hall–Kier alpha value is -1.43. The van der Waals surface area contributed by atoms with Gasteiger partial charge < -0.3 is 4.90 Å². The zero-order valence-corrected chi connectivity index (χ0v) is 12.1. The molecule has 0 spiro atoms. The predicted octanol–water partition coefficient (Wildman–Crippen LogP) is 3.96. The van der Waals surface area contributed by atoms with Crippen LogP contribution in [0.1, 0.15) is 25.0 Å². The molecule has 0 bridgehead atoms. The van der Waals surface area contributed by atoms with E-state index in [1.807, 2.05) is 13.8 Å². The van der Waals surface area contributed by atoms with Crippen LogP contribution in [0, 0.1) is 0 Å². The molecule has 1 aromatic carbocycles.